The van der Waals surface area contributed by atoms with Crippen LogP contribution in [0.5, 0.6) is 0 Å². The first-order chi connectivity index (χ1) is 6.47. The minimum Gasteiger partial charge on any atom is -0.330 e. The van der Waals surface area contributed by atoms with Gasteiger partial charge in [-0.05, 0) is 29.7 Å². The van der Waals surface area contributed by atoms with E-state index in [1.165, 1.54) is 0 Å². The lowest BCUT2D eigenvalue weighted by molar-refractivity contribution is 0.301. The Morgan fingerprint density at radius 1 is 1.29 bits per heavy atom. The summed E-state index contributed by atoms with van der Waals surface area (Å²) >= 11 is 3.40. The van der Waals surface area contributed by atoms with Crippen molar-refractivity contribution in [3.8, 4) is 0 Å². The van der Waals surface area contributed by atoms with Gasteiger partial charge in [-0.1, -0.05) is 41.9 Å². The number of hydrogen-bond acceptors (Lipinski definition) is 2. The number of hydrogen-bond donors (Lipinski definition) is 2. The van der Waals surface area contributed by atoms with Crippen LogP contribution >= 0.6 is 15.9 Å². The second kappa shape index (κ2) is 4.43. The van der Waals surface area contributed by atoms with Crippen molar-refractivity contribution < 1.29 is 0 Å². The molecule has 2 nitrogen and oxygen atoms in total. The first-order valence-electron chi connectivity index (χ1n) is 4.68. The monoisotopic (exact) mass is 256 g/mol. The van der Waals surface area contributed by atoms with Crippen molar-refractivity contribution in [2.75, 3.05) is 6.54 Å². The minimum absolute atomic E-state index is 0.0133. The molecule has 3 heteroatoms. The molecule has 1 aromatic rings. The molecule has 14 heavy (non-hydrogen) atoms. The van der Waals surface area contributed by atoms with Gasteiger partial charge in [-0.2, -0.15) is 0 Å². The lowest BCUT2D eigenvalue weighted by atomic mass is 9.81. The maximum absolute atomic E-state index is 6.14. The molecule has 0 fully saturated rings. The molecule has 0 bridgehead atoms. The summed E-state index contributed by atoms with van der Waals surface area (Å²) in [7, 11) is 0. The Bertz CT molecular complexity index is 293. The van der Waals surface area contributed by atoms with Gasteiger partial charge in [0.15, 0.2) is 0 Å². The number of rotatable bonds is 3. The summed E-state index contributed by atoms with van der Waals surface area (Å²) in [6.45, 7) is 4.75. The molecule has 0 saturated heterocycles. The van der Waals surface area contributed by atoms with Crippen LogP contribution in [0.3, 0.4) is 0 Å². The summed E-state index contributed by atoms with van der Waals surface area (Å²) in [5.41, 5.74) is 12.9. The van der Waals surface area contributed by atoms with E-state index in [4.69, 9.17) is 11.5 Å². The third kappa shape index (κ3) is 2.56. The predicted octanol–water partition coefficient (Wildman–Crippen LogP) is 2.43. The van der Waals surface area contributed by atoms with Crippen LogP contribution in [0.25, 0.3) is 0 Å². The largest absolute Gasteiger partial charge is 0.330 e. The van der Waals surface area contributed by atoms with E-state index in [-0.39, 0.29) is 11.5 Å². The van der Waals surface area contributed by atoms with Gasteiger partial charge in [-0.15, -0.1) is 0 Å². The zero-order valence-electron chi connectivity index (χ0n) is 8.63. The highest BCUT2D eigenvalue weighted by Gasteiger charge is 2.25. The van der Waals surface area contributed by atoms with Gasteiger partial charge in [0.25, 0.3) is 0 Å². The molecule has 1 unspecified atom stereocenters. The molecule has 0 aliphatic rings. The Morgan fingerprint density at radius 3 is 2.21 bits per heavy atom. The van der Waals surface area contributed by atoms with E-state index in [1.807, 2.05) is 24.3 Å². The molecule has 0 aliphatic carbocycles. The van der Waals surface area contributed by atoms with Crippen LogP contribution in [0.2, 0.25) is 0 Å². The Labute approximate surface area is 93.8 Å². The standard InChI is InChI=1S/C11H17BrN2/c1-11(2,7-13)10(14)8-3-5-9(12)6-4-8/h3-6,10H,7,13-14H2,1-2H3. The molecule has 1 rings (SSSR count). The van der Waals surface area contributed by atoms with E-state index in [2.05, 4.69) is 29.8 Å². The quantitative estimate of drug-likeness (QED) is 0.873. The van der Waals surface area contributed by atoms with Crippen LogP contribution in [-0.2, 0) is 0 Å². The summed E-state index contributed by atoms with van der Waals surface area (Å²) in [6, 6.07) is 8.06. The zero-order chi connectivity index (χ0) is 10.8. The van der Waals surface area contributed by atoms with Gasteiger partial charge in [0.05, 0.1) is 0 Å². The third-order valence-corrected chi connectivity index (χ3v) is 3.13. The Hall–Kier alpha value is -0.380. The van der Waals surface area contributed by atoms with Crippen LogP contribution in [0.4, 0.5) is 0 Å². The number of nitrogens with two attached hydrogens (primary N) is 2. The topological polar surface area (TPSA) is 52.0 Å². The molecular formula is C11H17BrN2. The summed E-state index contributed by atoms with van der Waals surface area (Å²) in [4.78, 5) is 0. The van der Waals surface area contributed by atoms with E-state index >= 15 is 0 Å². The molecular weight excluding hydrogens is 240 g/mol. The van der Waals surface area contributed by atoms with E-state index < -0.39 is 0 Å². The first-order valence-corrected chi connectivity index (χ1v) is 5.48. The van der Waals surface area contributed by atoms with Crippen molar-refractivity contribution in [1.29, 1.82) is 0 Å². The fraction of sp³-hybridized carbons (Fsp3) is 0.455. The summed E-state index contributed by atoms with van der Waals surface area (Å²) < 4.78 is 1.07. The molecule has 0 saturated carbocycles. The van der Waals surface area contributed by atoms with Crippen LogP contribution in [-0.4, -0.2) is 6.54 Å². The van der Waals surface area contributed by atoms with E-state index in [0.717, 1.165) is 10.0 Å². The molecule has 0 spiro atoms. The van der Waals surface area contributed by atoms with Gasteiger partial charge in [-0.3, -0.25) is 0 Å². The molecule has 0 aliphatic heterocycles. The molecule has 0 aromatic heterocycles. The molecule has 78 valence electrons. The van der Waals surface area contributed by atoms with Crippen molar-refractivity contribution in [2.45, 2.75) is 19.9 Å². The Kier molecular flexibility index (Phi) is 3.70. The number of benzene rings is 1. The van der Waals surface area contributed by atoms with Gasteiger partial charge in [-0.25, -0.2) is 0 Å². The fourth-order valence-electron chi connectivity index (χ4n) is 1.25. The lowest BCUT2D eigenvalue weighted by Crippen LogP contribution is -2.35. The smallest absolute Gasteiger partial charge is 0.0358 e. The summed E-state index contributed by atoms with van der Waals surface area (Å²) in [6.07, 6.45) is 0. The average Bonchev–Trinajstić information content (AvgIpc) is 2.18. The van der Waals surface area contributed by atoms with E-state index in [0.29, 0.717) is 6.54 Å². The Balaban J connectivity index is 2.89. The second-order valence-corrected chi connectivity index (χ2v) is 5.14. The summed E-state index contributed by atoms with van der Waals surface area (Å²) in [5.74, 6) is 0. The summed E-state index contributed by atoms with van der Waals surface area (Å²) in [5, 5.41) is 0. The van der Waals surface area contributed by atoms with Crippen LogP contribution in [0, 0.1) is 5.41 Å². The highest BCUT2D eigenvalue weighted by Crippen LogP contribution is 2.30. The normalized spacial score (nSPS) is 14.1. The van der Waals surface area contributed by atoms with Crippen LogP contribution < -0.4 is 11.5 Å². The van der Waals surface area contributed by atoms with Crippen molar-refractivity contribution in [3.63, 3.8) is 0 Å². The molecule has 0 radical (unpaired) electrons. The average molecular weight is 257 g/mol. The first kappa shape index (κ1) is 11.7. The van der Waals surface area contributed by atoms with Crippen LogP contribution in [0.1, 0.15) is 25.5 Å². The lowest BCUT2D eigenvalue weighted by Gasteiger charge is -2.30. The van der Waals surface area contributed by atoms with E-state index in [1.54, 1.807) is 0 Å². The van der Waals surface area contributed by atoms with Crippen LogP contribution in [0.15, 0.2) is 28.7 Å². The fourth-order valence-corrected chi connectivity index (χ4v) is 1.51. The third-order valence-electron chi connectivity index (χ3n) is 2.60. The van der Waals surface area contributed by atoms with Crippen molar-refractivity contribution in [2.24, 2.45) is 16.9 Å². The highest BCUT2D eigenvalue weighted by atomic mass is 79.9. The van der Waals surface area contributed by atoms with E-state index in [9.17, 15) is 0 Å². The van der Waals surface area contributed by atoms with Gasteiger partial charge in [0.1, 0.15) is 0 Å². The van der Waals surface area contributed by atoms with Crippen molar-refractivity contribution >= 4 is 15.9 Å². The van der Waals surface area contributed by atoms with Crippen molar-refractivity contribution in [1.82, 2.24) is 0 Å². The van der Waals surface area contributed by atoms with Gasteiger partial charge >= 0.3 is 0 Å². The highest BCUT2D eigenvalue weighted by molar-refractivity contribution is 9.10. The maximum atomic E-state index is 6.14. The van der Waals surface area contributed by atoms with Crippen molar-refractivity contribution in [3.05, 3.63) is 34.3 Å². The molecule has 4 N–H and O–H groups in total. The molecule has 1 atom stereocenters. The molecule has 1 aromatic carbocycles. The molecule has 0 amide bonds. The predicted molar refractivity (Wildman–Crippen MR) is 63.9 cm³/mol. The molecule has 0 heterocycles. The van der Waals surface area contributed by atoms with Gasteiger partial charge in [0.2, 0.25) is 0 Å². The SMILES string of the molecule is CC(C)(CN)C(N)c1ccc(Br)cc1. The van der Waals surface area contributed by atoms with Gasteiger partial charge < -0.3 is 11.5 Å². The Morgan fingerprint density at radius 2 is 1.79 bits per heavy atom. The number of halogens is 1. The second-order valence-electron chi connectivity index (χ2n) is 4.22. The minimum atomic E-state index is -0.0617. The zero-order valence-corrected chi connectivity index (χ0v) is 10.2. The maximum Gasteiger partial charge on any atom is 0.0358 e. The van der Waals surface area contributed by atoms with Gasteiger partial charge in [0, 0.05) is 10.5 Å².